The summed E-state index contributed by atoms with van der Waals surface area (Å²) in [7, 11) is 3.24. The number of hydrogen-bond donors (Lipinski definition) is 1. The number of ether oxygens (including phenoxy) is 2. The van der Waals surface area contributed by atoms with Crippen molar-refractivity contribution in [3.8, 4) is 0 Å². The molecule has 1 amide bonds. The zero-order chi connectivity index (χ0) is 13.8. The van der Waals surface area contributed by atoms with Gasteiger partial charge in [-0.25, -0.2) is 4.68 Å². The normalized spacial score (nSPS) is 23.0. The molecule has 8 nitrogen and oxygen atoms in total. The Morgan fingerprint density at radius 3 is 2.53 bits per heavy atom. The lowest BCUT2D eigenvalue weighted by atomic mass is 10.3. The van der Waals surface area contributed by atoms with E-state index in [1.807, 2.05) is 0 Å². The Hall–Kier alpha value is -1.51. The van der Waals surface area contributed by atoms with E-state index in [4.69, 9.17) is 15.2 Å². The van der Waals surface area contributed by atoms with Crippen LogP contribution in [0.25, 0.3) is 0 Å². The SMILES string of the molecule is COC1CN(C(=O)Cn2cc(CN)nn2)CC1OC. The Morgan fingerprint density at radius 1 is 1.42 bits per heavy atom. The Balaban J connectivity index is 1.93. The zero-order valence-electron chi connectivity index (χ0n) is 11.2. The highest BCUT2D eigenvalue weighted by atomic mass is 16.5. The van der Waals surface area contributed by atoms with Crippen LogP contribution in [0, 0.1) is 0 Å². The number of hydrogen-bond acceptors (Lipinski definition) is 6. The first-order valence-corrected chi connectivity index (χ1v) is 6.10. The first-order chi connectivity index (χ1) is 9.17. The standard InChI is InChI=1S/C11H19N5O3/c1-18-9-5-15(6-10(9)19-2)11(17)7-16-4-8(3-12)13-14-16/h4,9-10H,3,5-7,12H2,1-2H3. The van der Waals surface area contributed by atoms with Crippen LogP contribution >= 0.6 is 0 Å². The smallest absolute Gasteiger partial charge is 0.244 e. The predicted molar refractivity (Wildman–Crippen MR) is 66.1 cm³/mol. The minimum atomic E-state index is -0.0794. The van der Waals surface area contributed by atoms with Crippen LogP contribution in [0.2, 0.25) is 0 Å². The van der Waals surface area contributed by atoms with Crippen LogP contribution in [0.3, 0.4) is 0 Å². The fourth-order valence-electron chi connectivity index (χ4n) is 2.15. The number of rotatable bonds is 5. The van der Waals surface area contributed by atoms with Crippen molar-refractivity contribution < 1.29 is 14.3 Å². The monoisotopic (exact) mass is 269 g/mol. The molecule has 2 rings (SSSR count). The number of methoxy groups -OCH3 is 2. The average molecular weight is 269 g/mol. The Morgan fingerprint density at radius 2 is 2.05 bits per heavy atom. The second-order valence-electron chi connectivity index (χ2n) is 4.46. The molecule has 0 radical (unpaired) electrons. The van der Waals surface area contributed by atoms with Gasteiger partial charge in [0, 0.05) is 33.9 Å². The van der Waals surface area contributed by atoms with Crippen LogP contribution in [-0.2, 0) is 27.4 Å². The first kappa shape index (κ1) is 13.9. The lowest BCUT2D eigenvalue weighted by Gasteiger charge is -2.15. The van der Waals surface area contributed by atoms with Crippen LogP contribution < -0.4 is 5.73 Å². The van der Waals surface area contributed by atoms with Gasteiger partial charge >= 0.3 is 0 Å². The minimum absolute atomic E-state index is 0.0323. The van der Waals surface area contributed by atoms with Crippen LogP contribution in [0.15, 0.2) is 6.20 Å². The van der Waals surface area contributed by atoms with E-state index in [1.165, 1.54) is 4.68 Å². The summed E-state index contributed by atoms with van der Waals surface area (Å²) in [5, 5.41) is 7.70. The van der Waals surface area contributed by atoms with Crippen molar-refractivity contribution in [3.05, 3.63) is 11.9 Å². The summed E-state index contributed by atoms with van der Waals surface area (Å²) >= 11 is 0. The van der Waals surface area contributed by atoms with Gasteiger partial charge in [0.25, 0.3) is 0 Å². The summed E-state index contributed by atoms with van der Waals surface area (Å²) < 4.78 is 12.1. The summed E-state index contributed by atoms with van der Waals surface area (Å²) in [4.78, 5) is 13.8. The van der Waals surface area contributed by atoms with Crippen molar-refractivity contribution in [1.29, 1.82) is 0 Å². The number of likely N-dealkylation sites (tertiary alicyclic amines) is 1. The Bertz CT molecular complexity index is 424. The number of carbonyl (C=O) groups excluding carboxylic acids is 1. The molecule has 0 aromatic carbocycles. The third-order valence-electron chi connectivity index (χ3n) is 3.27. The lowest BCUT2D eigenvalue weighted by Crippen LogP contribution is -2.33. The van der Waals surface area contributed by atoms with Gasteiger partial charge in [0.15, 0.2) is 0 Å². The van der Waals surface area contributed by atoms with Crippen molar-refractivity contribution in [3.63, 3.8) is 0 Å². The third kappa shape index (κ3) is 3.09. The summed E-state index contributed by atoms with van der Waals surface area (Å²) in [6.07, 6.45) is 1.52. The second-order valence-corrected chi connectivity index (χ2v) is 4.46. The molecule has 0 spiro atoms. The van der Waals surface area contributed by atoms with Crippen molar-refractivity contribution in [1.82, 2.24) is 19.9 Å². The first-order valence-electron chi connectivity index (χ1n) is 6.10. The fourth-order valence-corrected chi connectivity index (χ4v) is 2.15. The molecular formula is C11H19N5O3. The van der Waals surface area contributed by atoms with Gasteiger partial charge < -0.3 is 20.1 Å². The van der Waals surface area contributed by atoms with Crippen molar-refractivity contribution in [2.75, 3.05) is 27.3 Å². The highest BCUT2D eigenvalue weighted by molar-refractivity contribution is 5.76. The molecule has 2 unspecified atom stereocenters. The molecule has 0 saturated carbocycles. The van der Waals surface area contributed by atoms with Gasteiger partial charge in [-0.3, -0.25) is 4.79 Å². The molecule has 1 aliphatic rings. The van der Waals surface area contributed by atoms with Crippen molar-refractivity contribution >= 4 is 5.91 Å². The van der Waals surface area contributed by atoms with E-state index in [9.17, 15) is 4.79 Å². The Labute approximate surface area is 111 Å². The van der Waals surface area contributed by atoms with Crippen molar-refractivity contribution in [2.45, 2.75) is 25.3 Å². The quantitative estimate of drug-likeness (QED) is 0.707. The maximum Gasteiger partial charge on any atom is 0.244 e. The molecule has 2 N–H and O–H groups in total. The Kier molecular flexibility index (Phi) is 4.46. The molecule has 1 aliphatic heterocycles. The van der Waals surface area contributed by atoms with E-state index in [-0.39, 0.29) is 24.7 Å². The molecule has 1 aromatic heterocycles. The molecule has 0 aliphatic carbocycles. The topological polar surface area (TPSA) is 95.5 Å². The molecule has 2 atom stereocenters. The zero-order valence-corrected chi connectivity index (χ0v) is 11.2. The average Bonchev–Trinajstić information content (AvgIpc) is 3.03. The summed E-state index contributed by atoms with van der Waals surface area (Å²) in [5.74, 6) is -0.0323. The number of aromatic nitrogens is 3. The van der Waals surface area contributed by atoms with Gasteiger partial charge in [-0.15, -0.1) is 5.10 Å². The number of amides is 1. The molecule has 1 aromatic rings. The third-order valence-corrected chi connectivity index (χ3v) is 3.27. The lowest BCUT2D eigenvalue weighted by molar-refractivity contribution is -0.131. The van der Waals surface area contributed by atoms with Gasteiger partial charge in [0.2, 0.25) is 5.91 Å². The predicted octanol–water partition coefficient (Wildman–Crippen LogP) is -1.39. The van der Waals surface area contributed by atoms with Crippen LogP contribution in [0.5, 0.6) is 0 Å². The van der Waals surface area contributed by atoms with E-state index in [2.05, 4.69) is 10.3 Å². The highest BCUT2D eigenvalue weighted by Gasteiger charge is 2.35. The van der Waals surface area contributed by atoms with Crippen LogP contribution in [0.4, 0.5) is 0 Å². The largest absolute Gasteiger partial charge is 0.377 e. The second kappa shape index (κ2) is 6.09. The fraction of sp³-hybridized carbons (Fsp3) is 0.727. The van der Waals surface area contributed by atoms with Gasteiger partial charge in [-0.1, -0.05) is 5.21 Å². The molecule has 0 bridgehead atoms. The summed E-state index contributed by atoms with van der Waals surface area (Å²) in [5.41, 5.74) is 6.11. The number of carbonyl (C=O) groups is 1. The molecule has 1 fully saturated rings. The van der Waals surface area contributed by atoms with Gasteiger partial charge in [0.1, 0.15) is 18.8 Å². The maximum atomic E-state index is 12.1. The number of nitrogens with two attached hydrogens (primary N) is 1. The highest BCUT2D eigenvalue weighted by Crippen LogP contribution is 2.16. The van der Waals surface area contributed by atoms with E-state index >= 15 is 0 Å². The van der Waals surface area contributed by atoms with E-state index in [0.717, 1.165) is 0 Å². The molecule has 19 heavy (non-hydrogen) atoms. The van der Waals surface area contributed by atoms with E-state index < -0.39 is 0 Å². The van der Waals surface area contributed by atoms with Crippen molar-refractivity contribution in [2.24, 2.45) is 5.73 Å². The molecule has 2 heterocycles. The van der Waals surface area contributed by atoms with Gasteiger partial charge in [0.05, 0.1) is 11.9 Å². The van der Waals surface area contributed by atoms with Gasteiger partial charge in [-0.05, 0) is 0 Å². The maximum absolute atomic E-state index is 12.1. The summed E-state index contributed by atoms with van der Waals surface area (Å²) in [6, 6.07) is 0. The van der Waals surface area contributed by atoms with Crippen LogP contribution in [-0.4, -0.2) is 65.3 Å². The van der Waals surface area contributed by atoms with E-state index in [1.54, 1.807) is 25.3 Å². The van der Waals surface area contributed by atoms with Crippen LogP contribution in [0.1, 0.15) is 5.69 Å². The van der Waals surface area contributed by atoms with Gasteiger partial charge in [-0.2, -0.15) is 0 Å². The molecule has 106 valence electrons. The molecule has 1 saturated heterocycles. The minimum Gasteiger partial charge on any atom is -0.377 e. The summed E-state index contributed by atoms with van der Waals surface area (Å²) in [6.45, 7) is 1.54. The molecular weight excluding hydrogens is 250 g/mol. The molecule has 8 heteroatoms. The number of nitrogens with zero attached hydrogens (tertiary/aromatic N) is 4. The van der Waals surface area contributed by atoms with E-state index in [0.29, 0.717) is 25.3 Å².